The van der Waals surface area contributed by atoms with Crippen LogP contribution in [0.25, 0.3) is 0 Å². The molecule has 5 heteroatoms. The van der Waals surface area contributed by atoms with E-state index in [0.29, 0.717) is 12.2 Å². The smallest absolute Gasteiger partial charge is 0.251 e. The van der Waals surface area contributed by atoms with Gasteiger partial charge in [-0.2, -0.15) is 0 Å². The first-order valence-corrected chi connectivity index (χ1v) is 7.46. The summed E-state index contributed by atoms with van der Waals surface area (Å²) in [6.07, 6.45) is 0.133. The summed E-state index contributed by atoms with van der Waals surface area (Å²) in [5.41, 5.74) is 2.52. The third-order valence-electron chi connectivity index (χ3n) is 3.90. The molecule has 0 saturated carbocycles. The predicted molar refractivity (Wildman–Crippen MR) is 85.3 cm³/mol. The maximum Gasteiger partial charge on any atom is 0.251 e. The average molecular weight is 312 g/mol. The Labute approximate surface area is 133 Å². The van der Waals surface area contributed by atoms with Gasteiger partial charge >= 0.3 is 0 Å². The molecular weight excluding hydrogens is 295 g/mol. The Morgan fingerprint density at radius 3 is 2.39 bits per heavy atom. The second kappa shape index (κ2) is 6.30. The number of anilines is 1. The third kappa shape index (κ3) is 3.29. The Morgan fingerprint density at radius 2 is 1.74 bits per heavy atom. The number of hydrogen-bond donors (Lipinski definition) is 1. The summed E-state index contributed by atoms with van der Waals surface area (Å²) in [6, 6.07) is 12.8. The van der Waals surface area contributed by atoms with Crippen molar-refractivity contribution in [3.8, 4) is 0 Å². The van der Waals surface area contributed by atoms with Gasteiger partial charge in [0.15, 0.2) is 0 Å². The molecule has 0 aliphatic carbocycles. The fourth-order valence-corrected chi connectivity index (χ4v) is 2.60. The lowest BCUT2D eigenvalue weighted by Gasteiger charge is -2.15. The van der Waals surface area contributed by atoms with Gasteiger partial charge in [-0.05, 0) is 36.8 Å². The highest BCUT2D eigenvalue weighted by atomic mass is 19.1. The number of imide groups is 1. The van der Waals surface area contributed by atoms with Crippen molar-refractivity contribution < 1.29 is 14.0 Å². The molecule has 3 rings (SSSR count). The Morgan fingerprint density at radius 1 is 1.09 bits per heavy atom. The van der Waals surface area contributed by atoms with Gasteiger partial charge in [-0.3, -0.25) is 9.59 Å². The van der Waals surface area contributed by atoms with Crippen LogP contribution >= 0.6 is 0 Å². The largest absolute Gasteiger partial charge is 0.301 e. The van der Waals surface area contributed by atoms with E-state index in [0.717, 1.165) is 11.1 Å². The number of carbonyl (C=O) groups is 2. The maximum absolute atomic E-state index is 12.9. The highest BCUT2D eigenvalue weighted by Crippen LogP contribution is 2.23. The van der Waals surface area contributed by atoms with Crippen molar-refractivity contribution in [3.05, 3.63) is 65.5 Å². The molecule has 2 aromatic rings. The number of benzene rings is 2. The van der Waals surface area contributed by atoms with Crippen LogP contribution in [0.4, 0.5) is 10.1 Å². The van der Waals surface area contributed by atoms with Crippen LogP contribution in [-0.4, -0.2) is 17.9 Å². The molecule has 0 spiro atoms. The van der Waals surface area contributed by atoms with Gasteiger partial charge in [-0.1, -0.05) is 29.8 Å². The lowest BCUT2D eigenvalue weighted by molar-refractivity contribution is -0.121. The molecule has 1 atom stereocenters. The van der Waals surface area contributed by atoms with Gasteiger partial charge in [0.2, 0.25) is 5.91 Å². The van der Waals surface area contributed by atoms with E-state index in [1.165, 1.54) is 17.0 Å². The molecule has 1 unspecified atom stereocenters. The van der Waals surface area contributed by atoms with Gasteiger partial charge in [-0.15, -0.1) is 0 Å². The molecule has 0 bridgehead atoms. The third-order valence-corrected chi connectivity index (χ3v) is 3.90. The van der Waals surface area contributed by atoms with E-state index in [1.807, 2.05) is 19.1 Å². The molecule has 23 heavy (non-hydrogen) atoms. The fourth-order valence-electron chi connectivity index (χ4n) is 2.60. The van der Waals surface area contributed by atoms with Crippen LogP contribution < -0.4 is 10.2 Å². The summed E-state index contributed by atoms with van der Waals surface area (Å²) in [5, 5.41) is 3.07. The van der Waals surface area contributed by atoms with E-state index in [-0.39, 0.29) is 24.1 Å². The molecule has 0 aromatic heterocycles. The lowest BCUT2D eigenvalue weighted by atomic mass is 10.2. The summed E-state index contributed by atoms with van der Waals surface area (Å²) in [6.45, 7) is 2.36. The summed E-state index contributed by atoms with van der Waals surface area (Å²) < 4.78 is 12.9. The van der Waals surface area contributed by atoms with Crippen molar-refractivity contribution in [2.75, 3.05) is 4.90 Å². The van der Waals surface area contributed by atoms with E-state index < -0.39 is 6.04 Å². The van der Waals surface area contributed by atoms with Crippen LogP contribution in [0.2, 0.25) is 0 Å². The van der Waals surface area contributed by atoms with Crippen LogP contribution in [0.15, 0.2) is 48.5 Å². The van der Waals surface area contributed by atoms with Gasteiger partial charge in [0.05, 0.1) is 18.2 Å². The zero-order valence-corrected chi connectivity index (χ0v) is 12.8. The van der Waals surface area contributed by atoms with E-state index in [9.17, 15) is 14.0 Å². The standard InChI is InChI=1S/C18H17FN2O2/c1-12-2-8-15(9-3-12)21-17(22)10-16(18(21)23)20-11-13-4-6-14(19)7-5-13/h2-9,16,20H,10-11H2,1H3. The topological polar surface area (TPSA) is 49.4 Å². The van der Waals surface area contributed by atoms with E-state index in [1.54, 1.807) is 24.3 Å². The molecule has 1 heterocycles. The van der Waals surface area contributed by atoms with Crippen molar-refractivity contribution in [2.45, 2.75) is 25.9 Å². The first-order valence-electron chi connectivity index (χ1n) is 7.46. The Hall–Kier alpha value is -2.53. The quantitative estimate of drug-likeness (QED) is 0.883. The van der Waals surface area contributed by atoms with Crippen molar-refractivity contribution >= 4 is 17.5 Å². The Balaban J connectivity index is 1.68. The summed E-state index contributed by atoms with van der Waals surface area (Å²) >= 11 is 0. The molecule has 118 valence electrons. The van der Waals surface area contributed by atoms with Crippen molar-refractivity contribution in [3.63, 3.8) is 0 Å². The number of amides is 2. The van der Waals surface area contributed by atoms with Crippen LogP contribution in [0, 0.1) is 12.7 Å². The number of hydrogen-bond acceptors (Lipinski definition) is 3. The highest BCUT2D eigenvalue weighted by Gasteiger charge is 2.39. The molecular formula is C18H17FN2O2. The predicted octanol–water partition coefficient (Wildman–Crippen LogP) is 2.56. The number of carbonyl (C=O) groups excluding carboxylic acids is 2. The fraction of sp³-hybridized carbons (Fsp3) is 0.222. The minimum atomic E-state index is -0.547. The number of halogens is 1. The Bertz CT molecular complexity index is 726. The van der Waals surface area contributed by atoms with Crippen LogP contribution in [0.1, 0.15) is 17.5 Å². The van der Waals surface area contributed by atoms with Crippen LogP contribution in [-0.2, 0) is 16.1 Å². The monoisotopic (exact) mass is 312 g/mol. The second-order valence-electron chi connectivity index (χ2n) is 5.67. The van der Waals surface area contributed by atoms with Gasteiger partial charge in [0.25, 0.3) is 5.91 Å². The van der Waals surface area contributed by atoms with Crippen LogP contribution in [0.5, 0.6) is 0 Å². The molecule has 0 radical (unpaired) electrons. The first kappa shape index (κ1) is 15.4. The molecule has 2 aromatic carbocycles. The average Bonchev–Trinajstić information content (AvgIpc) is 2.82. The van der Waals surface area contributed by atoms with Gasteiger partial charge in [0, 0.05) is 6.54 Å². The van der Waals surface area contributed by atoms with Crippen LogP contribution in [0.3, 0.4) is 0 Å². The van der Waals surface area contributed by atoms with Gasteiger partial charge in [-0.25, -0.2) is 9.29 Å². The molecule has 1 saturated heterocycles. The Kier molecular flexibility index (Phi) is 4.21. The van der Waals surface area contributed by atoms with Crippen molar-refractivity contribution in [1.82, 2.24) is 5.32 Å². The number of aryl methyl sites for hydroxylation is 1. The number of nitrogens with one attached hydrogen (secondary N) is 1. The minimum absolute atomic E-state index is 0.133. The highest BCUT2D eigenvalue weighted by molar-refractivity contribution is 6.22. The van der Waals surface area contributed by atoms with E-state index in [4.69, 9.17) is 0 Å². The van der Waals surface area contributed by atoms with E-state index in [2.05, 4.69) is 5.32 Å². The second-order valence-corrected chi connectivity index (χ2v) is 5.67. The first-order chi connectivity index (χ1) is 11.0. The minimum Gasteiger partial charge on any atom is -0.301 e. The molecule has 1 aliphatic rings. The molecule has 4 nitrogen and oxygen atoms in total. The van der Waals surface area contributed by atoms with Gasteiger partial charge < -0.3 is 5.32 Å². The summed E-state index contributed by atoms with van der Waals surface area (Å²) in [7, 11) is 0. The molecule has 2 amide bonds. The molecule has 1 fully saturated rings. The number of rotatable bonds is 4. The van der Waals surface area contributed by atoms with Gasteiger partial charge in [0.1, 0.15) is 5.82 Å². The zero-order chi connectivity index (χ0) is 16.4. The summed E-state index contributed by atoms with van der Waals surface area (Å²) in [4.78, 5) is 25.8. The number of nitrogens with zero attached hydrogens (tertiary/aromatic N) is 1. The lowest BCUT2D eigenvalue weighted by Crippen LogP contribution is -2.38. The maximum atomic E-state index is 12.9. The van der Waals surface area contributed by atoms with E-state index >= 15 is 0 Å². The zero-order valence-electron chi connectivity index (χ0n) is 12.8. The summed E-state index contributed by atoms with van der Waals surface area (Å²) in [5.74, 6) is -0.761. The molecule has 1 N–H and O–H groups in total. The normalized spacial score (nSPS) is 17.8. The SMILES string of the molecule is Cc1ccc(N2C(=O)CC(NCc3ccc(F)cc3)C2=O)cc1. The molecule has 1 aliphatic heterocycles. The van der Waals surface area contributed by atoms with Crippen molar-refractivity contribution in [1.29, 1.82) is 0 Å². The van der Waals surface area contributed by atoms with Crippen molar-refractivity contribution in [2.24, 2.45) is 0 Å².